The molecule has 2 aromatic carbocycles. The van der Waals surface area contributed by atoms with Crippen LogP contribution < -0.4 is 4.74 Å². The molecule has 2 aliphatic rings. The van der Waals surface area contributed by atoms with E-state index in [2.05, 4.69) is 42.3 Å². The Hall–Kier alpha value is -2.06. The monoisotopic (exact) mass is 305 g/mol. The summed E-state index contributed by atoms with van der Waals surface area (Å²) in [5.41, 5.74) is 2.85. The molecular formula is C21H23NO. The number of hydrogen-bond donors (Lipinski definition) is 0. The SMILES string of the molecule is CN1C2C=C(c3ccc(Oc4ccccc4)cc3)CC1CCC2. The van der Waals surface area contributed by atoms with Gasteiger partial charge in [0.05, 0.1) is 0 Å². The van der Waals surface area contributed by atoms with Gasteiger partial charge in [-0.1, -0.05) is 42.8 Å². The maximum Gasteiger partial charge on any atom is 0.127 e. The van der Waals surface area contributed by atoms with Gasteiger partial charge in [-0.3, -0.25) is 4.90 Å². The van der Waals surface area contributed by atoms with Crippen LogP contribution in [-0.2, 0) is 0 Å². The third-order valence-electron chi connectivity index (χ3n) is 5.19. The third kappa shape index (κ3) is 3.04. The van der Waals surface area contributed by atoms with E-state index in [9.17, 15) is 0 Å². The number of benzene rings is 2. The molecule has 2 aromatic rings. The van der Waals surface area contributed by atoms with Crippen molar-refractivity contribution in [3.63, 3.8) is 0 Å². The fraction of sp³-hybridized carbons (Fsp3) is 0.333. The fourth-order valence-electron chi connectivity index (χ4n) is 3.82. The first-order valence-electron chi connectivity index (χ1n) is 8.55. The quantitative estimate of drug-likeness (QED) is 0.780. The highest BCUT2D eigenvalue weighted by molar-refractivity contribution is 5.68. The Morgan fingerprint density at radius 1 is 0.913 bits per heavy atom. The molecule has 2 heterocycles. The Bertz CT molecular complexity index is 690. The van der Waals surface area contributed by atoms with Crippen LogP contribution >= 0.6 is 0 Å². The molecule has 1 fully saturated rings. The van der Waals surface area contributed by atoms with Crippen LogP contribution in [0.5, 0.6) is 11.5 Å². The van der Waals surface area contributed by atoms with E-state index in [0.717, 1.165) is 11.5 Å². The van der Waals surface area contributed by atoms with Crippen molar-refractivity contribution in [2.75, 3.05) is 7.05 Å². The number of ether oxygens (including phenoxy) is 1. The summed E-state index contributed by atoms with van der Waals surface area (Å²) in [6, 6.07) is 19.8. The summed E-state index contributed by atoms with van der Waals surface area (Å²) >= 11 is 0. The Balaban J connectivity index is 1.52. The van der Waals surface area contributed by atoms with Crippen molar-refractivity contribution in [3.05, 3.63) is 66.2 Å². The van der Waals surface area contributed by atoms with E-state index in [4.69, 9.17) is 4.74 Å². The average Bonchev–Trinajstić information content (AvgIpc) is 2.56. The molecule has 118 valence electrons. The second-order valence-electron chi connectivity index (χ2n) is 6.65. The molecule has 0 aliphatic carbocycles. The predicted octanol–water partition coefficient (Wildman–Crippen LogP) is 5.12. The minimum atomic E-state index is 0.623. The first-order chi connectivity index (χ1) is 11.3. The zero-order valence-electron chi connectivity index (χ0n) is 13.6. The molecule has 0 aromatic heterocycles. The molecule has 1 saturated heterocycles. The molecule has 2 aliphatic heterocycles. The normalized spacial score (nSPS) is 24.1. The van der Waals surface area contributed by atoms with Gasteiger partial charge in [0.2, 0.25) is 0 Å². The van der Waals surface area contributed by atoms with E-state index in [-0.39, 0.29) is 0 Å². The maximum atomic E-state index is 5.88. The van der Waals surface area contributed by atoms with Gasteiger partial charge in [0, 0.05) is 12.1 Å². The summed E-state index contributed by atoms with van der Waals surface area (Å²) in [7, 11) is 2.28. The smallest absolute Gasteiger partial charge is 0.127 e. The molecule has 2 heteroatoms. The number of likely N-dealkylation sites (N-methyl/N-ethyl adjacent to an activating group) is 1. The minimum Gasteiger partial charge on any atom is -0.457 e. The average molecular weight is 305 g/mol. The van der Waals surface area contributed by atoms with E-state index < -0.39 is 0 Å². The van der Waals surface area contributed by atoms with E-state index >= 15 is 0 Å². The second-order valence-corrected chi connectivity index (χ2v) is 6.65. The van der Waals surface area contributed by atoms with Gasteiger partial charge in [-0.2, -0.15) is 0 Å². The van der Waals surface area contributed by atoms with Gasteiger partial charge in [0.15, 0.2) is 0 Å². The summed E-state index contributed by atoms with van der Waals surface area (Å²) in [6.45, 7) is 0. The lowest BCUT2D eigenvalue weighted by molar-refractivity contribution is 0.137. The first kappa shape index (κ1) is 14.5. The van der Waals surface area contributed by atoms with Crippen LogP contribution in [0.4, 0.5) is 0 Å². The van der Waals surface area contributed by atoms with Gasteiger partial charge >= 0.3 is 0 Å². The summed E-state index contributed by atoms with van der Waals surface area (Å²) in [5, 5.41) is 0. The van der Waals surface area contributed by atoms with Gasteiger partial charge in [-0.25, -0.2) is 0 Å². The molecule has 4 rings (SSSR count). The largest absolute Gasteiger partial charge is 0.457 e. The van der Waals surface area contributed by atoms with Gasteiger partial charge in [-0.15, -0.1) is 0 Å². The fourth-order valence-corrected chi connectivity index (χ4v) is 3.82. The molecule has 0 amide bonds. The van der Waals surface area contributed by atoms with Gasteiger partial charge in [0.1, 0.15) is 11.5 Å². The summed E-state index contributed by atoms with van der Waals surface area (Å²) in [5.74, 6) is 1.78. The zero-order valence-corrected chi connectivity index (χ0v) is 13.6. The highest BCUT2D eigenvalue weighted by Crippen LogP contribution is 2.36. The van der Waals surface area contributed by atoms with Crippen LogP contribution in [0, 0.1) is 0 Å². The molecule has 0 N–H and O–H groups in total. The third-order valence-corrected chi connectivity index (χ3v) is 5.19. The van der Waals surface area contributed by atoms with Crippen LogP contribution in [0.2, 0.25) is 0 Å². The Labute approximate surface area is 138 Å². The van der Waals surface area contributed by atoms with Gasteiger partial charge < -0.3 is 4.74 Å². The number of para-hydroxylation sites is 1. The predicted molar refractivity (Wildman–Crippen MR) is 94.7 cm³/mol. The van der Waals surface area contributed by atoms with Crippen LogP contribution in [0.3, 0.4) is 0 Å². The van der Waals surface area contributed by atoms with Crippen LogP contribution in [0.15, 0.2) is 60.7 Å². The Kier molecular flexibility index (Phi) is 3.92. The number of fused-ring (bicyclic) bond motifs is 2. The highest BCUT2D eigenvalue weighted by Gasteiger charge is 2.31. The van der Waals surface area contributed by atoms with E-state index in [1.807, 2.05) is 30.3 Å². The topological polar surface area (TPSA) is 12.5 Å². The highest BCUT2D eigenvalue weighted by atomic mass is 16.5. The van der Waals surface area contributed by atoms with E-state index in [1.165, 1.54) is 36.8 Å². The second kappa shape index (κ2) is 6.21. The summed E-state index contributed by atoms with van der Waals surface area (Å²) < 4.78 is 5.88. The zero-order chi connectivity index (χ0) is 15.6. The Morgan fingerprint density at radius 3 is 2.39 bits per heavy atom. The van der Waals surface area contributed by atoms with Crippen molar-refractivity contribution in [1.82, 2.24) is 4.90 Å². The lowest BCUT2D eigenvalue weighted by Gasteiger charge is -2.42. The molecular weight excluding hydrogens is 282 g/mol. The van der Waals surface area contributed by atoms with Crippen LogP contribution in [0.25, 0.3) is 5.57 Å². The van der Waals surface area contributed by atoms with Crippen molar-refractivity contribution in [1.29, 1.82) is 0 Å². The molecule has 0 spiro atoms. The van der Waals surface area contributed by atoms with Gasteiger partial charge in [-0.05, 0) is 61.7 Å². The molecule has 0 saturated carbocycles. The number of hydrogen-bond acceptors (Lipinski definition) is 2. The van der Waals surface area contributed by atoms with Crippen LogP contribution in [-0.4, -0.2) is 24.0 Å². The van der Waals surface area contributed by atoms with E-state index in [0.29, 0.717) is 12.1 Å². The lowest BCUT2D eigenvalue weighted by atomic mass is 9.83. The van der Waals surface area contributed by atoms with Crippen LogP contribution in [0.1, 0.15) is 31.2 Å². The van der Waals surface area contributed by atoms with Crippen molar-refractivity contribution in [2.45, 2.75) is 37.8 Å². The van der Waals surface area contributed by atoms with Crippen molar-refractivity contribution in [2.24, 2.45) is 0 Å². The number of piperidine rings is 1. The Morgan fingerprint density at radius 2 is 1.65 bits per heavy atom. The minimum absolute atomic E-state index is 0.623. The summed E-state index contributed by atoms with van der Waals surface area (Å²) in [4.78, 5) is 2.56. The molecule has 0 radical (unpaired) electrons. The van der Waals surface area contributed by atoms with Gasteiger partial charge in [0.25, 0.3) is 0 Å². The molecule has 2 atom stereocenters. The molecule has 2 nitrogen and oxygen atoms in total. The summed E-state index contributed by atoms with van der Waals surface area (Å²) in [6.07, 6.45) is 7.65. The molecule has 2 bridgehead atoms. The van der Waals surface area contributed by atoms with E-state index in [1.54, 1.807) is 0 Å². The molecule has 23 heavy (non-hydrogen) atoms. The first-order valence-corrected chi connectivity index (χ1v) is 8.55. The number of nitrogens with zero attached hydrogens (tertiary/aromatic N) is 1. The standard InChI is InChI=1S/C21H23NO/c1-22-18-6-5-7-19(22)15-17(14-18)16-10-12-21(13-11-16)23-20-8-3-2-4-9-20/h2-4,8-14,18-19H,5-7,15H2,1H3. The molecule has 2 unspecified atom stereocenters. The van der Waals surface area contributed by atoms with Crippen molar-refractivity contribution < 1.29 is 4.74 Å². The maximum absolute atomic E-state index is 5.88. The lowest BCUT2D eigenvalue weighted by Crippen LogP contribution is -2.45. The number of rotatable bonds is 3. The van der Waals surface area contributed by atoms with Crippen molar-refractivity contribution in [3.8, 4) is 11.5 Å². The van der Waals surface area contributed by atoms with Crippen molar-refractivity contribution >= 4 is 5.57 Å².